The van der Waals surface area contributed by atoms with Crippen molar-refractivity contribution in [3.8, 4) is 0 Å². The largest absolute Gasteiger partial charge is 0.347 e. The van der Waals surface area contributed by atoms with Gasteiger partial charge in [0.05, 0.1) is 0 Å². The van der Waals surface area contributed by atoms with Gasteiger partial charge in [-0.25, -0.2) is 9.50 Å². The number of nitrogens with one attached hydrogen (secondary N) is 1. The first-order valence-corrected chi connectivity index (χ1v) is 7.92. The van der Waals surface area contributed by atoms with Gasteiger partial charge in [0.2, 0.25) is 11.7 Å². The lowest BCUT2D eigenvalue weighted by Gasteiger charge is -2.22. The predicted octanol–water partition coefficient (Wildman–Crippen LogP) is 0.974. The Morgan fingerprint density at radius 1 is 1.25 bits per heavy atom. The normalized spacial score (nSPS) is 12.5. The summed E-state index contributed by atoms with van der Waals surface area (Å²) >= 11 is 0. The molecule has 2 rings (SSSR count). The van der Waals surface area contributed by atoms with Crippen LogP contribution in [0.3, 0.4) is 0 Å². The lowest BCUT2D eigenvalue weighted by molar-refractivity contribution is -0.131. The number of hydrogen-bond acceptors (Lipinski definition) is 5. The highest BCUT2D eigenvalue weighted by Gasteiger charge is 2.25. The summed E-state index contributed by atoms with van der Waals surface area (Å²) in [5.41, 5.74) is 1.65. The van der Waals surface area contributed by atoms with E-state index in [0.717, 1.165) is 11.4 Å². The molecule has 130 valence electrons. The molecule has 0 fully saturated rings. The molecule has 0 aromatic carbocycles. The van der Waals surface area contributed by atoms with Crippen molar-refractivity contribution in [1.29, 1.82) is 0 Å². The average molecular weight is 332 g/mol. The maximum Gasteiger partial charge on any atom is 0.291 e. The number of likely N-dealkylation sites (N-methyl/N-ethyl adjacent to an activating group) is 1. The lowest BCUT2D eigenvalue weighted by Crippen LogP contribution is -2.47. The molecule has 0 unspecified atom stereocenters. The molecule has 0 aliphatic rings. The van der Waals surface area contributed by atoms with Gasteiger partial charge in [-0.1, -0.05) is 13.8 Å². The third-order valence-electron chi connectivity index (χ3n) is 3.57. The number of hydrogen-bond donors (Lipinski definition) is 1. The van der Waals surface area contributed by atoms with E-state index in [4.69, 9.17) is 0 Å². The molecular weight excluding hydrogens is 308 g/mol. The van der Waals surface area contributed by atoms with E-state index >= 15 is 0 Å². The number of nitrogens with zero attached hydrogens (tertiary/aromatic N) is 5. The molecule has 8 nitrogen and oxygen atoms in total. The van der Waals surface area contributed by atoms with Gasteiger partial charge in [-0.05, 0) is 32.3 Å². The summed E-state index contributed by atoms with van der Waals surface area (Å²) in [6.45, 7) is 7.73. The molecule has 0 aliphatic carbocycles. The SMILES string of the molecule is Cc1cc(C)n2nc(C(=O)N[C@@H](CC(C)C)C(=O)N(C)C)nc2n1. The highest BCUT2D eigenvalue weighted by Crippen LogP contribution is 2.09. The van der Waals surface area contributed by atoms with Crippen LogP contribution in [0.25, 0.3) is 5.78 Å². The molecule has 8 heteroatoms. The summed E-state index contributed by atoms with van der Waals surface area (Å²) in [4.78, 5) is 34.7. The molecule has 2 heterocycles. The van der Waals surface area contributed by atoms with Crippen molar-refractivity contribution < 1.29 is 9.59 Å². The van der Waals surface area contributed by atoms with Crippen molar-refractivity contribution in [2.75, 3.05) is 14.1 Å². The Morgan fingerprint density at radius 2 is 1.92 bits per heavy atom. The van der Waals surface area contributed by atoms with Crippen molar-refractivity contribution in [2.24, 2.45) is 5.92 Å². The third kappa shape index (κ3) is 3.87. The van der Waals surface area contributed by atoms with Crippen molar-refractivity contribution in [2.45, 2.75) is 40.2 Å². The van der Waals surface area contributed by atoms with E-state index < -0.39 is 11.9 Å². The maximum atomic E-state index is 12.5. The molecule has 24 heavy (non-hydrogen) atoms. The van der Waals surface area contributed by atoms with Crippen molar-refractivity contribution in [1.82, 2.24) is 29.8 Å². The Balaban J connectivity index is 2.26. The third-order valence-corrected chi connectivity index (χ3v) is 3.57. The molecule has 0 saturated carbocycles. The molecule has 0 radical (unpaired) electrons. The lowest BCUT2D eigenvalue weighted by atomic mass is 10.0. The van der Waals surface area contributed by atoms with Gasteiger partial charge in [-0.3, -0.25) is 9.59 Å². The van der Waals surface area contributed by atoms with Crippen LogP contribution in [0.15, 0.2) is 6.07 Å². The summed E-state index contributed by atoms with van der Waals surface area (Å²) < 4.78 is 1.52. The van der Waals surface area contributed by atoms with E-state index in [1.54, 1.807) is 14.1 Å². The fraction of sp³-hybridized carbons (Fsp3) is 0.562. The number of carbonyl (C=O) groups excluding carboxylic acids is 2. The van der Waals surface area contributed by atoms with Gasteiger partial charge in [0.1, 0.15) is 6.04 Å². The molecule has 1 atom stereocenters. The molecule has 0 saturated heterocycles. The Morgan fingerprint density at radius 3 is 2.50 bits per heavy atom. The van der Waals surface area contributed by atoms with Crippen LogP contribution >= 0.6 is 0 Å². The van der Waals surface area contributed by atoms with Crippen LogP contribution in [-0.4, -0.2) is 56.4 Å². The molecular formula is C16H24N6O2. The van der Waals surface area contributed by atoms with Crippen LogP contribution in [0, 0.1) is 19.8 Å². The van der Waals surface area contributed by atoms with Gasteiger partial charge in [0.25, 0.3) is 11.7 Å². The summed E-state index contributed by atoms with van der Waals surface area (Å²) in [6.07, 6.45) is 0.548. The van der Waals surface area contributed by atoms with Crippen LogP contribution in [0.1, 0.15) is 42.3 Å². The van der Waals surface area contributed by atoms with Crippen molar-refractivity contribution in [3.05, 3.63) is 23.3 Å². The quantitative estimate of drug-likeness (QED) is 0.881. The summed E-state index contributed by atoms with van der Waals surface area (Å²) in [6, 6.07) is 1.26. The van der Waals surface area contributed by atoms with Gasteiger partial charge < -0.3 is 10.2 Å². The second-order valence-electron chi connectivity index (χ2n) is 6.57. The van der Waals surface area contributed by atoms with Crippen LogP contribution in [0.2, 0.25) is 0 Å². The standard InChI is InChI=1S/C16H24N6O2/c1-9(2)7-12(15(24)21(5)6)18-14(23)13-19-16-17-10(3)8-11(4)22(16)20-13/h8-9,12H,7H2,1-6H3,(H,18,23)/t12-/m0/s1. The second-order valence-corrected chi connectivity index (χ2v) is 6.57. The van der Waals surface area contributed by atoms with E-state index in [2.05, 4.69) is 20.4 Å². The van der Waals surface area contributed by atoms with Gasteiger partial charge >= 0.3 is 0 Å². The minimum absolute atomic E-state index is 0.0107. The second kappa shape index (κ2) is 6.94. The fourth-order valence-corrected chi connectivity index (χ4v) is 2.49. The van der Waals surface area contributed by atoms with E-state index in [0.29, 0.717) is 12.2 Å². The molecule has 0 bridgehead atoms. The first-order valence-electron chi connectivity index (χ1n) is 7.92. The first-order chi connectivity index (χ1) is 11.2. The zero-order valence-corrected chi connectivity index (χ0v) is 15.0. The summed E-state index contributed by atoms with van der Waals surface area (Å²) in [5, 5.41) is 6.94. The highest BCUT2D eigenvalue weighted by atomic mass is 16.2. The fourth-order valence-electron chi connectivity index (χ4n) is 2.49. The number of aryl methyl sites for hydroxylation is 2. The molecule has 2 aromatic rings. The Hall–Kier alpha value is -2.51. The zero-order valence-electron chi connectivity index (χ0n) is 15.0. The van der Waals surface area contributed by atoms with E-state index in [9.17, 15) is 9.59 Å². The number of fused-ring (bicyclic) bond motifs is 1. The number of amides is 2. The topological polar surface area (TPSA) is 92.5 Å². The Kier molecular flexibility index (Phi) is 5.16. The first kappa shape index (κ1) is 17.8. The van der Waals surface area contributed by atoms with Gasteiger partial charge in [0.15, 0.2) is 0 Å². The Labute approximate surface area is 141 Å². The monoisotopic (exact) mass is 332 g/mol. The number of carbonyl (C=O) groups is 2. The zero-order chi connectivity index (χ0) is 18.0. The molecule has 0 aliphatic heterocycles. The van der Waals surface area contributed by atoms with Gasteiger partial charge in [-0.2, -0.15) is 4.98 Å². The summed E-state index contributed by atoms with van der Waals surface area (Å²) in [5.74, 6) is 0.0256. The minimum Gasteiger partial charge on any atom is -0.347 e. The van der Waals surface area contributed by atoms with E-state index in [1.807, 2.05) is 33.8 Å². The molecule has 2 amide bonds. The molecule has 0 spiro atoms. The average Bonchev–Trinajstić information content (AvgIpc) is 2.89. The predicted molar refractivity (Wildman–Crippen MR) is 89.7 cm³/mol. The van der Waals surface area contributed by atoms with Gasteiger partial charge in [0, 0.05) is 25.5 Å². The molecule has 2 aromatic heterocycles. The number of rotatable bonds is 5. The van der Waals surface area contributed by atoms with Crippen molar-refractivity contribution >= 4 is 17.6 Å². The van der Waals surface area contributed by atoms with Crippen LogP contribution in [-0.2, 0) is 4.79 Å². The highest BCUT2D eigenvalue weighted by molar-refractivity contribution is 5.95. The summed E-state index contributed by atoms with van der Waals surface area (Å²) in [7, 11) is 3.34. The minimum atomic E-state index is -0.602. The van der Waals surface area contributed by atoms with Crippen molar-refractivity contribution in [3.63, 3.8) is 0 Å². The van der Waals surface area contributed by atoms with E-state index in [1.165, 1.54) is 9.42 Å². The van der Waals surface area contributed by atoms with Crippen LogP contribution < -0.4 is 5.32 Å². The van der Waals surface area contributed by atoms with E-state index in [-0.39, 0.29) is 17.6 Å². The van der Waals surface area contributed by atoms with Crippen LogP contribution in [0.5, 0.6) is 0 Å². The van der Waals surface area contributed by atoms with Gasteiger partial charge in [-0.15, -0.1) is 5.10 Å². The smallest absolute Gasteiger partial charge is 0.291 e. The molecule has 1 N–H and O–H groups in total. The maximum absolute atomic E-state index is 12.5. The number of aromatic nitrogens is 4. The van der Waals surface area contributed by atoms with Crippen LogP contribution in [0.4, 0.5) is 0 Å². The Bertz CT molecular complexity index is 765.